The van der Waals surface area contributed by atoms with Gasteiger partial charge in [-0.25, -0.2) is 4.98 Å². The van der Waals surface area contributed by atoms with Crippen molar-refractivity contribution in [2.24, 2.45) is 5.73 Å². The fourth-order valence-corrected chi connectivity index (χ4v) is 2.44. The number of aryl methyl sites for hydroxylation is 2. The molecule has 0 bridgehead atoms. The molecule has 2 aromatic rings. The van der Waals surface area contributed by atoms with Crippen LogP contribution in [0.5, 0.6) is 0 Å². The van der Waals surface area contributed by atoms with Crippen molar-refractivity contribution in [3.05, 3.63) is 29.0 Å². The normalized spacial score (nSPS) is 13.1. The summed E-state index contributed by atoms with van der Waals surface area (Å²) in [5.41, 5.74) is 7.93. The van der Waals surface area contributed by atoms with Gasteiger partial charge in [-0.3, -0.25) is 0 Å². The molecule has 1 aromatic heterocycles. The van der Waals surface area contributed by atoms with Gasteiger partial charge in [0.05, 0.1) is 11.0 Å². The number of fused-ring (bicyclic) bond motifs is 1. The molecule has 1 aromatic carbocycles. The quantitative estimate of drug-likeness (QED) is 0.901. The number of aromatic nitrogens is 2. The first kappa shape index (κ1) is 13.4. The summed E-state index contributed by atoms with van der Waals surface area (Å²) < 4.78 is 2.24. The monoisotopic (exact) mass is 265 g/mol. The van der Waals surface area contributed by atoms with Gasteiger partial charge in [-0.2, -0.15) is 0 Å². The lowest BCUT2D eigenvalue weighted by Gasteiger charge is -2.07. The average Bonchev–Trinajstić information content (AvgIpc) is 2.65. The van der Waals surface area contributed by atoms with Gasteiger partial charge in [-0.15, -0.1) is 0 Å². The Kier molecular flexibility index (Phi) is 4.25. The van der Waals surface area contributed by atoms with Crippen LogP contribution >= 0.6 is 11.6 Å². The fourth-order valence-electron chi connectivity index (χ4n) is 2.27. The van der Waals surface area contributed by atoms with E-state index in [0.29, 0.717) is 0 Å². The van der Waals surface area contributed by atoms with Crippen molar-refractivity contribution < 1.29 is 0 Å². The molecule has 2 N–H and O–H groups in total. The lowest BCUT2D eigenvalue weighted by atomic mass is 10.1. The molecule has 0 aliphatic carbocycles. The summed E-state index contributed by atoms with van der Waals surface area (Å²) in [5.74, 6) is 1.13. The largest absolute Gasteiger partial charge is 0.328 e. The minimum absolute atomic E-state index is 0.263. The van der Waals surface area contributed by atoms with Crippen LogP contribution in [-0.4, -0.2) is 15.6 Å². The van der Waals surface area contributed by atoms with E-state index in [1.54, 1.807) is 0 Å². The summed E-state index contributed by atoms with van der Waals surface area (Å²) in [5, 5.41) is 0.763. The van der Waals surface area contributed by atoms with Crippen molar-refractivity contribution in [3.63, 3.8) is 0 Å². The molecule has 1 atom stereocenters. The Morgan fingerprint density at radius 2 is 2.22 bits per heavy atom. The van der Waals surface area contributed by atoms with Gasteiger partial charge in [0, 0.05) is 24.0 Å². The summed E-state index contributed by atoms with van der Waals surface area (Å²) in [7, 11) is 0. The molecule has 4 heteroatoms. The molecule has 0 amide bonds. The first-order valence-corrected chi connectivity index (χ1v) is 6.90. The Morgan fingerprint density at radius 3 is 2.89 bits per heavy atom. The SMILES string of the molecule is CCn1c(CCCC(C)N)nc2ccc(Cl)cc21. The van der Waals surface area contributed by atoms with Crippen LogP contribution in [0.1, 0.15) is 32.5 Å². The molecule has 0 aliphatic heterocycles. The number of nitrogens with zero attached hydrogens (tertiary/aromatic N) is 2. The van der Waals surface area contributed by atoms with Crippen LogP contribution in [0.25, 0.3) is 11.0 Å². The Hall–Kier alpha value is -1.06. The predicted octanol–water partition coefficient (Wildman–Crippen LogP) is 3.38. The van der Waals surface area contributed by atoms with Crippen molar-refractivity contribution in [1.29, 1.82) is 0 Å². The van der Waals surface area contributed by atoms with Crippen molar-refractivity contribution in [1.82, 2.24) is 9.55 Å². The third kappa shape index (κ3) is 2.85. The van der Waals surface area contributed by atoms with Gasteiger partial charge in [-0.05, 0) is 44.9 Å². The highest BCUT2D eigenvalue weighted by Crippen LogP contribution is 2.21. The average molecular weight is 266 g/mol. The van der Waals surface area contributed by atoms with Crippen LogP contribution in [0.15, 0.2) is 18.2 Å². The maximum absolute atomic E-state index is 6.05. The lowest BCUT2D eigenvalue weighted by molar-refractivity contribution is 0.598. The highest BCUT2D eigenvalue weighted by Gasteiger charge is 2.09. The lowest BCUT2D eigenvalue weighted by Crippen LogP contribution is -2.15. The van der Waals surface area contributed by atoms with Gasteiger partial charge >= 0.3 is 0 Å². The molecule has 98 valence electrons. The summed E-state index contributed by atoms with van der Waals surface area (Å²) in [4.78, 5) is 4.68. The van der Waals surface area contributed by atoms with Gasteiger partial charge in [0.25, 0.3) is 0 Å². The van der Waals surface area contributed by atoms with E-state index in [2.05, 4.69) is 16.5 Å². The first-order chi connectivity index (χ1) is 8.61. The van der Waals surface area contributed by atoms with E-state index in [4.69, 9.17) is 17.3 Å². The van der Waals surface area contributed by atoms with Crippen LogP contribution < -0.4 is 5.73 Å². The number of hydrogen-bond acceptors (Lipinski definition) is 2. The van der Waals surface area contributed by atoms with Crippen molar-refractivity contribution >= 4 is 22.6 Å². The predicted molar refractivity (Wildman–Crippen MR) is 77.0 cm³/mol. The van der Waals surface area contributed by atoms with E-state index in [9.17, 15) is 0 Å². The Balaban J connectivity index is 2.27. The second kappa shape index (κ2) is 5.72. The smallest absolute Gasteiger partial charge is 0.109 e. The number of nitrogens with two attached hydrogens (primary N) is 1. The van der Waals surface area contributed by atoms with Gasteiger partial charge < -0.3 is 10.3 Å². The zero-order valence-electron chi connectivity index (χ0n) is 11.0. The summed E-state index contributed by atoms with van der Waals surface area (Å²) in [6.45, 7) is 5.10. The number of hydrogen-bond donors (Lipinski definition) is 1. The second-order valence-corrected chi connectivity index (χ2v) is 5.21. The molecular weight excluding hydrogens is 246 g/mol. The summed E-state index contributed by atoms with van der Waals surface area (Å²) in [6.07, 6.45) is 3.09. The molecule has 2 rings (SSSR count). The maximum atomic E-state index is 6.05. The molecule has 0 spiro atoms. The van der Waals surface area contributed by atoms with Crippen molar-refractivity contribution in [2.75, 3.05) is 0 Å². The van der Waals surface area contributed by atoms with E-state index in [0.717, 1.165) is 47.7 Å². The number of benzene rings is 1. The highest BCUT2D eigenvalue weighted by molar-refractivity contribution is 6.31. The number of imidazole rings is 1. The van der Waals surface area contributed by atoms with Crippen LogP contribution in [0, 0.1) is 0 Å². The molecular formula is C14H20ClN3. The van der Waals surface area contributed by atoms with E-state index in [-0.39, 0.29) is 6.04 Å². The second-order valence-electron chi connectivity index (χ2n) is 4.77. The van der Waals surface area contributed by atoms with E-state index >= 15 is 0 Å². The minimum atomic E-state index is 0.263. The molecule has 0 saturated heterocycles. The minimum Gasteiger partial charge on any atom is -0.328 e. The van der Waals surface area contributed by atoms with Crippen LogP contribution in [0.2, 0.25) is 5.02 Å². The molecule has 1 heterocycles. The van der Waals surface area contributed by atoms with Gasteiger partial charge in [0.2, 0.25) is 0 Å². The first-order valence-electron chi connectivity index (χ1n) is 6.52. The standard InChI is InChI=1S/C14H20ClN3/c1-3-18-13-9-11(15)7-8-12(13)17-14(18)6-4-5-10(2)16/h7-10H,3-6,16H2,1-2H3. The zero-order chi connectivity index (χ0) is 13.1. The zero-order valence-corrected chi connectivity index (χ0v) is 11.7. The molecule has 3 nitrogen and oxygen atoms in total. The Morgan fingerprint density at radius 1 is 1.44 bits per heavy atom. The number of halogens is 1. The van der Waals surface area contributed by atoms with Gasteiger partial charge in [0.15, 0.2) is 0 Å². The molecule has 0 saturated carbocycles. The molecule has 1 unspecified atom stereocenters. The van der Waals surface area contributed by atoms with Crippen LogP contribution in [0.3, 0.4) is 0 Å². The third-order valence-corrected chi connectivity index (χ3v) is 3.40. The van der Waals surface area contributed by atoms with E-state index < -0.39 is 0 Å². The fraction of sp³-hybridized carbons (Fsp3) is 0.500. The van der Waals surface area contributed by atoms with Crippen LogP contribution in [-0.2, 0) is 13.0 Å². The maximum Gasteiger partial charge on any atom is 0.109 e. The van der Waals surface area contributed by atoms with E-state index in [1.165, 1.54) is 0 Å². The van der Waals surface area contributed by atoms with Crippen molar-refractivity contribution in [2.45, 2.75) is 45.7 Å². The molecule has 18 heavy (non-hydrogen) atoms. The Bertz CT molecular complexity index is 531. The molecule has 0 fully saturated rings. The van der Waals surface area contributed by atoms with Gasteiger partial charge in [0.1, 0.15) is 5.82 Å². The molecule has 0 radical (unpaired) electrons. The number of rotatable bonds is 5. The Labute approximate surface area is 113 Å². The highest BCUT2D eigenvalue weighted by atomic mass is 35.5. The van der Waals surface area contributed by atoms with E-state index in [1.807, 2.05) is 25.1 Å². The topological polar surface area (TPSA) is 43.8 Å². The van der Waals surface area contributed by atoms with Crippen molar-refractivity contribution in [3.8, 4) is 0 Å². The van der Waals surface area contributed by atoms with Gasteiger partial charge in [-0.1, -0.05) is 11.6 Å². The van der Waals surface area contributed by atoms with Crippen LogP contribution in [0.4, 0.5) is 0 Å². The molecule has 0 aliphatic rings. The summed E-state index contributed by atoms with van der Waals surface area (Å²) in [6, 6.07) is 6.13. The summed E-state index contributed by atoms with van der Waals surface area (Å²) >= 11 is 6.05. The third-order valence-electron chi connectivity index (χ3n) is 3.17.